The fourth-order valence-electron chi connectivity index (χ4n) is 1.000. The third kappa shape index (κ3) is 1.58. The van der Waals surface area contributed by atoms with Crippen LogP contribution in [0.4, 0.5) is 0 Å². The van der Waals surface area contributed by atoms with Crippen LogP contribution >= 0.6 is 0 Å². The minimum absolute atomic E-state index is 0.0361. The van der Waals surface area contributed by atoms with Gasteiger partial charge in [0.2, 0.25) is 0 Å². The second-order valence-corrected chi connectivity index (χ2v) is 2.82. The maximum Gasteiger partial charge on any atom is 0.328 e. The summed E-state index contributed by atoms with van der Waals surface area (Å²) in [4.78, 5) is 10.7. The molecule has 0 bridgehead atoms. The number of hydrogen-bond donors (Lipinski definition) is 1. The van der Waals surface area contributed by atoms with Crippen LogP contribution < -0.4 is 0 Å². The van der Waals surface area contributed by atoms with Crippen LogP contribution in [0.15, 0.2) is 6.33 Å². The van der Waals surface area contributed by atoms with E-state index < -0.39 is 12.0 Å². The standard InChI is InChI=1S/C6H10N4O2/c1-4(2)5(6(11)12)10-3-7-8-9-10/h3-5H,1-2H3,(H,11,12). The zero-order valence-corrected chi connectivity index (χ0v) is 6.88. The smallest absolute Gasteiger partial charge is 0.328 e. The van der Waals surface area contributed by atoms with E-state index in [4.69, 9.17) is 5.11 Å². The van der Waals surface area contributed by atoms with Gasteiger partial charge in [0.15, 0.2) is 6.04 Å². The molecule has 1 unspecified atom stereocenters. The minimum atomic E-state index is -0.919. The Morgan fingerprint density at radius 3 is 2.58 bits per heavy atom. The molecule has 6 heteroatoms. The van der Waals surface area contributed by atoms with Crippen molar-refractivity contribution in [1.29, 1.82) is 0 Å². The maximum absolute atomic E-state index is 10.7. The molecule has 6 nitrogen and oxygen atoms in total. The third-order valence-electron chi connectivity index (χ3n) is 1.53. The molecule has 0 aromatic carbocycles. The third-order valence-corrected chi connectivity index (χ3v) is 1.53. The number of aliphatic carboxylic acids is 1. The number of carboxylic acid groups (broad SMARTS) is 1. The summed E-state index contributed by atoms with van der Waals surface area (Å²) in [6.45, 7) is 3.61. The summed E-state index contributed by atoms with van der Waals surface area (Å²) in [5.74, 6) is -0.955. The van der Waals surface area contributed by atoms with Gasteiger partial charge in [-0.2, -0.15) is 0 Å². The summed E-state index contributed by atoms with van der Waals surface area (Å²) in [5.41, 5.74) is 0. The van der Waals surface area contributed by atoms with Crippen molar-refractivity contribution in [2.75, 3.05) is 0 Å². The molecule has 0 spiro atoms. The highest BCUT2D eigenvalue weighted by atomic mass is 16.4. The Labute approximate surface area is 69.2 Å². The van der Waals surface area contributed by atoms with E-state index in [0.717, 1.165) is 0 Å². The molecule has 0 aliphatic carbocycles. The van der Waals surface area contributed by atoms with Crippen LogP contribution in [0.1, 0.15) is 19.9 Å². The van der Waals surface area contributed by atoms with Crippen molar-refractivity contribution in [1.82, 2.24) is 20.2 Å². The first kappa shape index (κ1) is 8.63. The SMILES string of the molecule is CC(C)C(C(=O)O)n1cnnn1. The number of hydrogen-bond acceptors (Lipinski definition) is 4. The van der Waals surface area contributed by atoms with Gasteiger partial charge in [-0.3, -0.25) is 0 Å². The van der Waals surface area contributed by atoms with E-state index in [0.29, 0.717) is 0 Å². The summed E-state index contributed by atoms with van der Waals surface area (Å²) in [6, 6.07) is -0.681. The second kappa shape index (κ2) is 3.29. The molecule has 1 rings (SSSR count). The van der Waals surface area contributed by atoms with Crippen LogP contribution in [0.25, 0.3) is 0 Å². The average Bonchev–Trinajstić information content (AvgIpc) is 2.37. The lowest BCUT2D eigenvalue weighted by molar-refractivity contribution is -0.142. The molecule has 0 aliphatic rings. The number of carboxylic acids is 1. The second-order valence-electron chi connectivity index (χ2n) is 2.82. The van der Waals surface area contributed by atoms with Crippen LogP contribution in [0.5, 0.6) is 0 Å². The lowest BCUT2D eigenvalue weighted by Crippen LogP contribution is -2.24. The molecule has 1 N–H and O–H groups in total. The van der Waals surface area contributed by atoms with Crippen molar-refractivity contribution >= 4 is 5.97 Å². The fraction of sp³-hybridized carbons (Fsp3) is 0.667. The molecule has 66 valence electrons. The fourth-order valence-corrected chi connectivity index (χ4v) is 1.000. The van der Waals surface area contributed by atoms with E-state index in [9.17, 15) is 4.79 Å². The van der Waals surface area contributed by atoms with Gasteiger partial charge in [0.05, 0.1) is 0 Å². The molecule has 0 saturated heterocycles. The number of nitrogens with zero attached hydrogens (tertiary/aromatic N) is 4. The Morgan fingerprint density at radius 1 is 1.58 bits per heavy atom. The molecule has 0 saturated carbocycles. The van der Waals surface area contributed by atoms with Crippen molar-refractivity contribution in [3.63, 3.8) is 0 Å². The van der Waals surface area contributed by atoms with Crippen molar-refractivity contribution in [3.05, 3.63) is 6.33 Å². The Bertz CT molecular complexity index is 257. The predicted octanol–water partition coefficient (Wildman–Crippen LogP) is -0.0452. The zero-order chi connectivity index (χ0) is 9.14. The van der Waals surface area contributed by atoms with Gasteiger partial charge >= 0.3 is 5.97 Å². The Balaban J connectivity index is 2.88. The van der Waals surface area contributed by atoms with Crippen molar-refractivity contribution in [3.8, 4) is 0 Å². The van der Waals surface area contributed by atoms with E-state index in [1.807, 2.05) is 0 Å². The van der Waals surface area contributed by atoms with Crippen LogP contribution in [-0.2, 0) is 4.79 Å². The number of carbonyl (C=O) groups is 1. The molecule has 1 atom stereocenters. The van der Waals surface area contributed by atoms with Gasteiger partial charge in [-0.25, -0.2) is 9.48 Å². The van der Waals surface area contributed by atoms with E-state index in [2.05, 4.69) is 15.5 Å². The van der Waals surface area contributed by atoms with Gasteiger partial charge in [0.25, 0.3) is 0 Å². The first-order valence-corrected chi connectivity index (χ1v) is 3.58. The Morgan fingerprint density at radius 2 is 2.25 bits per heavy atom. The van der Waals surface area contributed by atoms with Crippen LogP contribution in [0.2, 0.25) is 0 Å². The highest BCUT2D eigenvalue weighted by molar-refractivity contribution is 5.71. The maximum atomic E-state index is 10.7. The normalized spacial score (nSPS) is 13.2. The first-order valence-electron chi connectivity index (χ1n) is 3.58. The highest BCUT2D eigenvalue weighted by Gasteiger charge is 2.24. The average molecular weight is 170 g/mol. The summed E-state index contributed by atoms with van der Waals surface area (Å²) >= 11 is 0. The minimum Gasteiger partial charge on any atom is -0.480 e. The summed E-state index contributed by atoms with van der Waals surface area (Å²) in [6.07, 6.45) is 1.30. The molecular weight excluding hydrogens is 160 g/mol. The first-order chi connectivity index (χ1) is 5.63. The van der Waals surface area contributed by atoms with Gasteiger partial charge in [-0.1, -0.05) is 13.8 Å². The van der Waals surface area contributed by atoms with E-state index in [-0.39, 0.29) is 5.92 Å². The van der Waals surface area contributed by atoms with Crippen LogP contribution in [0.3, 0.4) is 0 Å². The van der Waals surface area contributed by atoms with Crippen molar-refractivity contribution in [2.24, 2.45) is 5.92 Å². The number of rotatable bonds is 3. The summed E-state index contributed by atoms with van der Waals surface area (Å²) in [5, 5.41) is 19.1. The van der Waals surface area contributed by atoms with Gasteiger partial charge in [0.1, 0.15) is 6.33 Å². The van der Waals surface area contributed by atoms with Gasteiger partial charge in [0, 0.05) is 0 Å². The van der Waals surface area contributed by atoms with E-state index in [1.54, 1.807) is 13.8 Å². The molecule has 12 heavy (non-hydrogen) atoms. The largest absolute Gasteiger partial charge is 0.480 e. The molecular formula is C6H10N4O2. The van der Waals surface area contributed by atoms with E-state index in [1.165, 1.54) is 11.0 Å². The van der Waals surface area contributed by atoms with Crippen LogP contribution in [0, 0.1) is 5.92 Å². The van der Waals surface area contributed by atoms with E-state index >= 15 is 0 Å². The Hall–Kier alpha value is -1.46. The predicted molar refractivity (Wildman–Crippen MR) is 39.3 cm³/mol. The molecule has 0 amide bonds. The summed E-state index contributed by atoms with van der Waals surface area (Å²) in [7, 11) is 0. The van der Waals surface area contributed by atoms with Gasteiger partial charge < -0.3 is 5.11 Å². The van der Waals surface area contributed by atoms with Gasteiger partial charge in [-0.05, 0) is 16.3 Å². The molecule has 1 aromatic heterocycles. The quantitative estimate of drug-likeness (QED) is 0.688. The van der Waals surface area contributed by atoms with Crippen molar-refractivity contribution in [2.45, 2.75) is 19.9 Å². The molecule has 0 radical (unpaired) electrons. The Kier molecular flexibility index (Phi) is 2.37. The van der Waals surface area contributed by atoms with Crippen LogP contribution in [-0.4, -0.2) is 31.3 Å². The number of tetrazole rings is 1. The van der Waals surface area contributed by atoms with Gasteiger partial charge in [-0.15, -0.1) is 5.10 Å². The summed E-state index contributed by atoms with van der Waals surface area (Å²) < 4.78 is 1.24. The zero-order valence-electron chi connectivity index (χ0n) is 6.88. The van der Waals surface area contributed by atoms with Crippen molar-refractivity contribution < 1.29 is 9.90 Å². The monoisotopic (exact) mass is 170 g/mol. The molecule has 1 heterocycles. The lowest BCUT2D eigenvalue weighted by Gasteiger charge is -2.14. The highest BCUT2D eigenvalue weighted by Crippen LogP contribution is 2.14. The molecule has 1 aromatic rings. The number of aromatic nitrogens is 4. The molecule has 0 fully saturated rings. The topological polar surface area (TPSA) is 80.9 Å². The molecule has 0 aliphatic heterocycles. The lowest BCUT2D eigenvalue weighted by atomic mass is 10.1.